The van der Waals surface area contributed by atoms with Crippen molar-refractivity contribution in [3.63, 3.8) is 0 Å². The van der Waals surface area contributed by atoms with Gasteiger partial charge in [0.25, 0.3) is 0 Å². The number of benzene rings is 1. The van der Waals surface area contributed by atoms with Gasteiger partial charge in [0.15, 0.2) is 11.0 Å². The minimum Gasteiger partial charge on any atom is -0.378 e. The van der Waals surface area contributed by atoms with Crippen LogP contribution in [-0.4, -0.2) is 61.3 Å². The summed E-state index contributed by atoms with van der Waals surface area (Å²) in [6.07, 6.45) is 0.989. The number of nitrogens with zero attached hydrogens (tertiary/aromatic N) is 8. The number of thioether (sulfide) groups is 1. The van der Waals surface area contributed by atoms with Gasteiger partial charge < -0.3 is 9.64 Å². The van der Waals surface area contributed by atoms with Crippen LogP contribution in [0, 0.1) is 6.92 Å². The van der Waals surface area contributed by atoms with Crippen LogP contribution < -0.4 is 4.90 Å². The van der Waals surface area contributed by atoms with Gasteiger partial charge in [0.2, 0.25) is 5.95 Å². The molecule has 9 nitrogen and oxygen atoms in total. The number of aromatic nitrogens is 7. The third-order valence-corrected chi connectivity index (χ3v) is 5.56. The molecule has 4 rings (SSSR count). The third kappa shape index (κ3) is 3.88. The van der Waals surface area contributed by atoms with E-state index in [1.54, 1.807) is 11.8 Å². The van der Waals surface area contributed by atoms with Crippen LogP contribution in [0.15, 0.2) is 29.4 Å². The first-order valence-corrected chi connectivity index (χ1v) is 10.5. The minimum atomic E-state index is 0.639. The Hall–Kier alpha value is -2.46. The van der Waals surface area contributed by atoms with E-state index in [0.717, 1.165) is 48.7 Å². The predicted molar refractivity (Wildman–Crippen MR) is 107 cm³/mol. The molecule has 0 amide bonds. The lowest BCUT2D eigenvalue weighted by molar-refractivity contribution is 0.122. The molecular weight excluding hydrogens is 376 g/mol. The third-order valence-electron chi connectivity index (χ3n) is 4.64. The normalized spacial score (nSPS) is 14.6. The fourth-order valence-corrected chi connectivity index (χ4v) is 4.06. The van der Waals surface area contributed by atoms with Crippen molar-refractivity contribution in [1.29, 1.82) is 0 Å². The Morgan fingerprint density at radius 1 is 1.11 bits per heavy atom. The molecule has 3 aromatic rings. The van der Waals surface area contributed by atoms with E-state index < -0.39 is 0 Å². The first-order valence-electron chi connectivity index (χ1n) is 9.50. The summed E-state index contributed by atoms with van der Waals surface area (Å²) >= 11 is 1.60. The average Bonchev–Trinajstić information content (AvgIpc) is 3.34. The summed E-state index contributed by atoms with van der Waals surface area (Å²) in [6.45, 7) is 8.06. The fourth-order valence-electron chi connectivity index (χ4n) is 3.19. The number of para-hydroxylation sites is 1. The Morgan fingerprint density at radius 2 is 1.93 bits per heavy atom. The van der Waals surface area contributed by atoms with Crippen LogP contribution in [0.4, 0.5) is 5.95 Å². The van der Waals surface area contributed by atoms with Gasteiger partial charge >= 0.3 is 0 Å². The van der Waals surface area contributed by atoms with Crippen molar-refractivity contribution >= 4 is 17.7 Å². The second-order valence-corrected chi connectivity index (χ2v) is 7.55. The summed E-state index contributed by atoms with van der Waals surface area (Å²) in [7, 11) is 0. The molecule has 0 radical (unpaired) electrons. The Morgan fingerprint density at radius 3 is 2.71 bits per heavy atom. The zero-order chi connectivity index (χ0) is 19.3. The van der Waals surface area contributed by atoms with Crippen molar-refractivity contribution in [3.05, 3.63) is 35.7 Å². The first-order chi connectivity index (χ1) is 13.8. The largest absolute Gasteiger partial charge is 0.378 e. The SMILES string of the molecule is CCCn1nnnc1CSc1nnc(N2CCOCC2)n1-c1ccccc1C. The van der Waals surface area contributed by atoms with E-state index in [4.69, 9.17) is 4.74 Å². The Balaban J connectivity index is 1.66. The average molecular weight is 401 g/mol. The number of rotatable bonds is 7. The summed E-state index contributed by atoms with van der Waals surface area (Å²) in [5.74, 6) is 2.34. The van der Waals surface area contributed by atoms with Crippen molar-refractivity contribution < 1.29 is 4.74 Å². The molecule has 0 saturated carbocycles. The molecule has 1 aliphatic heterocycles. The number of tetrazole rings is 1. The van der Waals surface area contributed by atoms with Crippen molar-refractivity contribution in [2.75, 3.05) is 31.2 Å². The second-order valence-electron chi connectivity index (χ2n) is 6.61. The highest BCUT2D eigenvalue weighted by atomic mass is 32.2. The number of hydrogen-bond acceptors (Lipinski definition) is 8. The number of hydrogen-bond donors (Lipinski definition) is 0. The van der Waals surface area contributed by atoms with Gasteiger partial charge in [0, 0.05) is 19.6 Å². The molecular formula is C18H24N8OS. The molecule has 1 saturated heterocycles. The highest BCUT2D eigenvalue weighted by Gasteiger charge is 2.23. The summed E-state index contributed by atoms with van der Waals surface area (Å²) in [6, 6.07) is 8.30. The molecule has 0 spiro atoms. The van der Waals surface area contributed by atoms with Crippen molar-refractivity contribution in [1.82, 2.24) is 35.0 Å². The lowest BCUT2D eigenvalue weighted by atomic mass is 10.2. The Labute approximate surface area is 168 Å². The lowest BCUT2D eigenvalue weighted by Crippen LogP contribution is -2.38. The molecule has 0 atom stereocenters. The number of ether oxygens (including phenoxy) is 1. The monoisotopic (exact) mass is 400 g/mol. The molecule has 1 aliphatic rings. The maximum Gasteiger partial charge on any atom is 0.232 e. The van der Waals surface area contributed by atoms with Gasteiger partial charge in [-0.15, -0.1) is 15.3 Å². The van der Waals surface area contributed by atoms with Crippen LogP contribution in [0.5, 0.6) is 0 Å². The fraction of sp³-hybridized carbons (Fsp3) is 0.500. The Bertz CT molecular complexity index is 918. The predicted octanol–water partition coefficient (Wildman–Crippen LogP) is 2.10. The first kappa shape index (κ1) is 18.9. The van der Waals surface area contributed by atoms with Crippen LogP contribution in [0.1, 0.15) is 24.7 Å². The van der Waals surface area contributed by atoms with Gasteiger partial charge in [-0.1, -0.05) is 36.9 Å². The molecule has 0 N–H and O–H groups in total. The topological polar surface area (TPSA) is 86.8 Å². The molecule has 1 fully saturated rings. The molecule has 0 bridgehead atoms. The molecule has 28 heavy (non-hydrogen) atoms. The summed E-state index contributed by atoms with van der Waals surface area (Å²) in [4.78, 5) is 2.23. The Kier molecular flexibility index (Phi) is 5.87. The van der Waals surface area contributed by atoms with Gasteiger partial charge in [0.1, 0.15) is 0 Å². The maximum atomic E-state index is 5.50. The van der Waals surface area contributed by atoms with Crippen LogP contribution in [0.3, 0.4) is 0 Å². The highest BCUT2D eigenvalue weighted by molar-refractivity contribution is 7.98. The zero-order valence-electron chi connectivity index (χ0n) is 16.2. The second kappa shape index (κ2) is 8.70. The van der Waals surface area contributed by atoms with E-state index in [2.05, 4.69) is 61.2 Å². The molecule has 1 aromatic carbocycles. The number of anilines is 1. The number of morpholine rings is 1. The molecule has 3 heterocycles. The molecule has 0 unspecified atom stereocenters. The summed E-state index contributed by atoms with van der Waals surface area (Å²) in [5, 5.41) is 21.9. The van der Waals surface area contributed by atoms with E-state index in [1.807, 2.05) is 16.8 Å². The van der Waals surface area contributed by atoms with E-state index in [1.165, 1.54) is 5.56 Å². The van der Waals surface area contributed by atoms with Crippen molar-refractivity contribution in [2.45, 2.75) is 37.7 Å². The van der Waals surface area contributed by atoms with Gasteiger partial charge in [-0.05, 0) is 35.4 Å². The summed E-state index contributed by atoms with van der Waals surface area (Å²) < 4.78 is 9.49. The minimum absolute atomic E-state index is 0.639. The lowest BCUT2D eigenvalue weighted by Gasteiger charge is -2.28. The van der Waals surface area contributed by atoms with Crippen LogP contribution in [0.2, 0.25) is 0 Å². The van der Waals surface area contributed by atoms with E-state index >= 15 is 0 Å². The maximum absolute atomic E-state index is 5.50. The standard InChI is InChI=1S/C18H24N8OS/c1-3-8-25-16(19-22-23-25)13-28-18-21-20-17(24-9-11-27-12-10-24)26(18)15-7-5-4-6-14(15)2/h4-7H,3,8-13H2,1-2H3. The molecule has 2 aromatic heterocycles. The van der Waals surface area contributed by atoms with Gasteiger partial charge in [-0.3, -0.25) is 4.57 Å². The van der Waals surface area contributed by atoms with Crippen molar-refractivity contribution in [3.8, 4) is 5.69 Å². The van der Waals surface area contributed by atoms with E-state index in [9.17, 15) is 0 Å². The van der Waals surface area contributed by atoms with E-state index in [0.29, 0.717) is 19.0 Å². The van der Waals surface area contributed by atoms with Gasteiger partial charge in [0.05, 0.1) is 24.7 Å². The van der Waals surface area contributed by atoms with Crippen LogP contribution >= 0.6 is 11.8 Å². The molecule has 10 heteroatoms. The van der Waals surface area contributed by atoms with Crippen molar-refractivity contribution in [2.24, 2.45) is 0 Å². The van der Waals surface area contributed by atoms with Gasteiger partial charge in [-0.2, -0.15) is 0 Å². The van der Waals surface area contributed by atoms with E-state index in [-0.39, 0.29) is 0 Å². The number of aryl methyl sites for hydroxylation is 2. The van der Waals surface area contributed by atoms with Gasteiger partial charge in [-0.25, -0.2) is 4.68 Å². The smallest absolute Gasteiger partial charge is 0.232 e. The summed E-state index contributed by atoms with van der Waals surface area (Å²) in [5.41, 5.74) is 2.26. The van der Waals surface area contributed by atoms with Crippen LogP contribution in [-0.2, 0) is 17.0 Å². The quantitative estimate of drug-likeness (QED) is 0.557. The zero-order valence-corrected chi connectivity index (χ0v) is 17.0. The highest BCUT2D eigenvalue weighted by Crippen LogP contribution is 2.30. The molecule has 0 aliphatic carbocycles. The molecule has 148 valence electrons. The van der Waals surface area contributed by atoms with Crippen LogP contribution in [0.25, 0.3) is 5.69 Å².